The predicted octanol–water partition coefficient (Wildman–Crippen LogP) is 2.58. The summed E-state index contributed by atoms with van der Waals surface area (Å²) in [6.45, 7) is 3.99. The van der Waals surface area contributed by atoms with E-state index in [9.17, 15) is 0 Å². The lowest BCUT2D eigenvalue weighted by Gasteiger charge is -2.39. The van der Waals surface area contributed by atoms with Crippen molar-refractivity contribution in [2.24, 2.45) is 11.7 Å². The molecule has 20 heavy (non-hydrogen) atoms. The normalized spacial score (nSPS) is 23.2. The second kappa shape index (κ2) is 5.75. The Morgan fingerprint density at radius 1 is 1.30 bits per heavy atom. The van der Waals surface area contributed by atoms with Crippen LogP contribution in [0.2, 0.25) is 0 Å². The summed E-state index contributed by atoms with van der Waals surface area (Å²) >= 11 is 0. The first-order chi connectivity index (χ1) is 9.81. The Morgan fingerprint density at radius 3 is 2.85 bits per heavy atom. The lowest BCUT2D eigenvalue weighted by atomic mass is 9.89. The van der Waals surface area contributed by atoms with Gasteiger partial charge in [-0.05, 0) is 30.9 Å². The average molecular weight is 270 g/mol. The van der Waals surface area contributed by atoms with Gasteiger partial charge in [0, 0.05) is 19.1 Å². The standard InChI is InChI=1S/C16H22N4/c1-2-12-7-8-20(13(9-12)10-17)16-11-18-14-5-3-4-6-15(14)19-16/h3-6,11-13H,2,7-10,17H2,1H3. The molecule has 1 aliphatic rings. The zero-order valence-corrected chi connectivity index (χ0v) is 12.0. The summed E-state index contributed by atoms with van der Waals surface area (Å²) < 4.78 is 0. The van der Waals surface area contributed by atoms with Gasteiger partial charge < -0.3 is 10.6 Å². The van der Waals surface area contributed by atoms with Gasteiger partial charge in [0.15, 0.2) is 0 Å². The first-order valence-corrected chi connectivity index (χ1v) is 7.50. The monoisotopic (exact) mass is 270 g/mol. The van der Waals surface area contributed by atoms with Gasteiger partial charge in [-0.25, -0.2) is 4.98 Å². The molecule has 2 atom stereocenters. The fourth-order valence-corrected chi connectivity index (χ4v) is 3.12. The molecule has 2 aromatic rings. The molecule has 3 rings (SSSR count). The quantitative estimate of drug-likeness (QED) is 0.931. The number of benzene rings is 1. The van der Waals surface area contributed by atoms with Crippen molar-refractivity contribution >= 4 is 16.9 Å². The predicted molar refractivity (Wildman–Crippen MR) is 82.7 cm³/mol. The van der Waals surface area contributed by atoms with Gasteiger partial charge in [0.25, 0.3) is 0 Å². The second-order valence-corrected chi connectivity index (χ2v) is 5.60. The van der Waals surface area contributed by atoms with Crippen molar-refractivity contribution in [2.45, 2.75) is 32.2 Å². The average Bonchev–Trinajstić information content (AvgIpc) is 2.53. The molecule has 4 nitrogen and oxygen atoms in total. The van der Waals surface area contributed by atoms with E-state index in [2.05, 4.69) is 16.8 Å². The topological polar surface area (TPSA) is 55.0 Å². The van der Waals surface area contributed by atoms with E-state index in [0.717, 1.165) is 29.3 Å². The van der Waals surface area contributed by atoms with E-state index in [1.807, 2.05) is 30.5 Å². The molecule has 1 fully saturated rings. The Balaban J connectivity index is 1.89. The van der Waals surface area contributed by atoms with Crippen LogP contribution in [-0.2, 0) is 0 Å². The smallest absolute Gasteiger partial charge is 0.148 e. The van der Waals surface area contributed by atoms with Crippen LogP contribution in [0.3, 0.4) is 0 Å². The van der Waals surface area contributed by atoms with Crippen molar-refractivity contribution in [3.05, 3.63) is 30.5 Å². The number of nitrogens with two attached hydrogens (primary N) is 1. The largest absolute Gasteiger partial charge is 0.351 e. The third kappa shape index (κ3) is 2.48. The molecule has 0 amide bonds. The number of fused-ring (bicyclic) bond motifs is 1. The zero-order valence-electron chi connectivity index (χ0n) is 12.0. The van der Waals surface area contributed by atoms with Crippen LogP contribution < -0.4 is 10.6 Å². The van der Waals surface area contributed by atoms with Crippen LogP contribution in [0.25, 0.3) is 11.0 Å². The summed E-state index contributed by atoms with van der Waals surface area (Å²) in [6.07, 6.45) is 5.52. The first-order valence-electron chi connectivity index (χ1n) is 7.50. The maximum Gasteiger partial charge on any atom is 0.148 e. The summed E-state index contributed by atoms with van der Waals surface area (Å²) in [5.74, 6) is 1.77. The molecule has 0 bridgehead atoms. The summed E-state index contributed by atoms with van der Waals surface area (Å²) in [7, 11) is 0. The molecular formula is C16H22N4. The maximum atomic E-state index is 5.97. The number of hydrogen-bond acceptors (Lipinski definition) is 4. The number of para-hydroxylation sites is 2. The molecule has 0 spiro atoms. The van der Waals surface area contributed by atoms with Gasteiger partial charge >= 0.3 is 0 Å². The Labute approximate surface area is 120 Å². The van der Waals surface area contributed by atoms with Crippen LogP contribution in [0, 0.1) is 5.92 Å². The van der Waals surface area contributed by atoms with Crippen molar-refractivity contribution in [1.29, 1.82) is 0 Å². The van der Waals surface area contributed by atoms with Crippen molar-refractivity contribution in [3.63, 3.8) is 0 Å². The highest BCUT2D eigenvalue weighted by atomic mass is 15.2. The van der Waals surface area contributed by atoms with Gasteiger partial charge in [-0.2, -0.15) is 0 Å². The van der Waals surface area contributed by atoms with Gasteiger partial charge in [-0.3, -0.25) is 4.98 Å². The van der Waals surface area contributed by atoms with Crippen molar-refractivity contribution in [3.8, 4) is 0 Å². The molecule has 1 aliphatic heterocycles. The van der Waals surface area contributed by atoms with E-state index < -0.39 is 0 Å². The van der Waals surface area contributed by atoms with E-state index >= 15 is 0 Å². The Hall–Kier alpha value is -1.68. The van der Waals surface area contributed by atoms with Crippen molar-refractivity contribution in [1.82, 2.24) is 9.97 Å². The zero-order chi connectivity index (χ0) is 13.9. The van der Waals surface area contributed by atoms with Gasteiger partial charge in [-0.15, -0.1) is 0 Å². The third-order valence-electron chi connectivity index (χ3n) is 4.40. The highest BCUT2D eigenvalue weighted by Gasteiger charge is 2.27. The molecule has 0 aliphatic carbocycles. The number of aromatic nitrogens is 2. The molecule has 4 heteroatoms. The number of rotatable bonds is 3. The summed E-state index contributed by atoms with van der Waals surface area (Å²) in [5, 5.41) is 0. The van der Waals surface area contributed by atoms with Crippen LogP contribution >= 0.6 is 0 Å². The van der Waals surface area contributed by atoms with E-state index in [1.54, 1.807) is 0 Å². The molecule has 1 aromatic heterocycles. The lowest BCUT2D eigenvalue weighted by Crippen LogP contribution is -2.47. The molecule has 2 N–H and O–H groups in total. The van der Waals surface area contributed by atoms with E-state index in [-0.39, 0.29) is 0 Å². The fraction of sp³-hybridized carbons (Fsp3) is 0.500. The molecule has 0 saturated carbocycles. The third-order valence-corrected chi connectivity index (χ3v) is 4.40. The summed E-state index contributed by atoms with van der Waals surface area (Å²) in [6, 6.07) is 8.40. The van der Waals surface area contributed by atoms with Crippen LogP contribution in [0.1, 0.15) is 26.2 Å². The summed E-state index contributed by atoms with van der Waals surface area (Å²) in [5.41, 5.74) is 7.88. The number of piperidine rings is 1. The molecule has 1 saturated heterocycles. The SMILES string of the molecule is CCC1CCN(c2cnc3ccccc3n2)C(CN)C1. The molecule has 2 unspecified atom stereocenters. The second-order valence-electron chi connectivity index (χ2n) is 5.60. The van der Waals surface area contributed by atoms with Gasteiger partial charge in [0.05, 0.1) is 17.2 Å². The van der Waals surface area contributed by atoms with E-state index in [0.29, 0.717) is 12.6 Å². The van der Waals surface area contributed by atoms with Crippen molar-refractivity contribution < 1.29 is 0 Å². The number of nitrogens with zero attached hydrogens (tertiary/aromatic N) is 3. The molecule has 1 aromatic carbocycles. The van der Waals surface area contributed by atoms with E-state index in [1.165, 1.54) is 19.3 Å². The molecule has 0 radical (unpaired) electrons. The Kier molecular flexibility index (Phi) is 3.83. The number of anilines is 1. The molecular weight excluding hydrogens is 248 g/mol. The molecule has 2 heterocycles. The van der Waals surface area contributed by atoms with Gasteiger partial charge in [-0.1, -0.05) is 25.5 Å². The van der Waals surface area contributed by atoms with E-state index in [4.69, 9.17) is 10.7 Å². The number of hydrogen-bond donors (Lipinski definition) is 1. The van der Waals surface area contributed by atoms with Gasteiger partial charge in [0.2, 0.25) is 0 Å². The van der Waals surface area contributed by atoms with Crippen LogP contribution in [0.4, 0.5) is 5.82 Å². The highest BCUT2D eigenvalue weighted by Crippen LogP contribution is 2.28. The van der Waals surface area contributed by atoms with Crippen LogP contribution in [0.15, 0.2) is 30.5 Å². The Morgan fingerprint density at radius 2 is 2.10 bits per heavy atom. The minimum absolute atomic E-state index is 0.393. The van der Waals surface area contributed by atoms with Crippen LogP contribution in [-0.4, -0.2) is 29.1 Å². The van der Waals surface area contributed by atoms with Crippen LogP contribution in [0.5, 0.6) is 0 Å². The fourth-order valence-electron chi connectivity index (χ4n) is 3.12. The highest BCUT2D eigenvalue weighted by molar-refractivity contribution is 5.75. The van der Waals surface area contributed by atoms with Gasteiger partial charge in [0.1, 0.15) is 5.82 Å². The van der Waals surface area contributed by atoms with Crippen molar-refractivity contribution in [2.75, 3.05) is 18.0 Å². The molecule has 106 valence electrons. The lowest BCUT2D eigenvalue weighted by molar-refractivity contribution is 0.334. The maximum absolute atomic E-state index is 5.97. The summed E-state index contributed by atoms with van der Waals surface area (Å²) in [4.78, 5) is 11.6. The Bertz CT molecular complexity index is 583. The first kappa shape index (κ1) is 13.3. The minimum atomic E-state index is 0.393. The minimum Gasteiger partial charge on any atom is -0.351 e.